The molecule has 0 bridgehead atoms. The number of hydrogen-bond donors (Lipinski definition) is 5. The number of unbranched alkanes of at least 4 members (excludes halogenated alkanes) is 1. The van der Waals surface area contributed by atoms with Crippen molar-refractivity contribution in [1.29, 1.82) is 0 Å². The summed E-state index contributed by atoms with van der Waals surface area (Å²) in [5, 5.41) is 20.0. The van der Waals surface area contributed by atoms with Crippen molar-refractivity contribution in [3.05, 3.63) is 24.8 Å². The Hall–Kier alpha value is -3.70. The number of likely N-dealkylation sites (tertiary alicyclic amines) is 1. The molecule has 5 N–H and O–H groups in total. The molecular formula is C33H55N5O7. The molecule has 0 aliphatic carbocycles. The third kappa shape index (κ3) is 12.0. The van der Waals surface area contributed by atoms with Gasteiger partial charge in [0.1, 0.15) is 18.1 Å². The third-order valence-electron chi connectivity index (χ3n) is 7.63. The summed E-state index contributed by atoms with van der Waals surface area (Å²) in [6, 6.07) is -5.24. The number of Topliss-reactive ketones (excluding diaryl/α,β-unsaturated/α-hetero) is 1. The zero-order valence-corrected chi connectivity index (χ0v) is 28.5. The lowest BCUT2D eigenvalue weighted by atomic mass is 9.85. The van der Waals surface area contributed by atoms with Crippen LogP contribution in [0.25, 0.3) is 0 Å². The quantitative estimate of drug-likeness (QED) is 0.136. The molecule has 45 heavy (non-hydrogen) atoms. The number of carboxylic acids is 1. The van der Waals surface area contributed by atoms with Crippen molar-refractivity contribution in [3.8, 4) is 0 Å². The highest BCUT2D eigenvalue weighted by Crippen LogP contribution is 2.31. The second-order valence-corrected chi connectivity index (χ2v) is 14.2. The normalized spacial score (nSPS) is 19.0. The Labute approximate surface area is 268 Å². The highest BCUT2D eigenvalue weighted by atomic mass is 16.4. The number of allylic oxidation sites excluding steroid dienone is 1. The van der Waals surface area contributed by atoms with Gasteiger partial charge < -0.3 is 31.3 Å². The van der Waals surface area contributed by atoms with E-state index in [1.165, 1.54) is 11.0 Å². The molecule has 1 aliphatic heterocycles. The van der Waals surface area contributed by atoms with Crippen molar-refractivity contribution in [1.82, 2.24) is 26.2 Å². The van der Waals surface area contributed by atoms with Crippen molar-refractivity contribution in [2.24, 2.45) is 22.7 Å². The molecule has 12 heteroatoms. The van der Waals surface area contributed by atoms with Crippen LogP contribution in [0.2, 0.25) is 0 Å². The number of carbonyl (C=O) groups is 6. The Morgan fingerprint density at radius 1 is 0.956 bits per heavy atom. The van der Waals surface area contributed by atoms with Crippen LogP contribution in [0.15, 0.2) is 24.8 Å². The minimum Gasteiger partial charge on any atom is -0.480 e. The van der Waals surface area contributed by atoms with Crippen LogP contribution < -0.4 is 21.3 Å². The maximum Gasteiger partial charge on any atom is 0.326 e. The van der Waals surface area contributed by atoms with Gasteiger partial charge in [-0.15, -0.1) is 6.58 Å². The van der Waals surface area contributed by atoms with Gasteiger partial charge in [-0.25, -0.2) is 9.59 Å². The summed E-state index contributed by atoms with van der Waals surface area (Å²) in [6.45, 7) is 20.1. The molecule has 5 atom stereocenters. The number of carbonyl (C=O) groups excluding carboxylic acids is 5. The fraction of sp³-hybridized carbons (Fsp3) is 0.697. The zero-order valence-electron chi connectivity index (χ0n) is 28.5. The predicted octanol–water partition coefficient (Wildman–Crippen LogP) is 3.18. The second kappa shape index (κ2) is 17.1. The van der Waals surface area contributed by atoms with Crippen LogP contribution in [0.5, 0.6) is 0 Å². The van der Waals surface area contributed by atoms with Gasteiger partial charge >= 0.3 is 12.0 Å². The van der Waals surface area contributed by atoms with E-state index in [0.717, 1.165) is 6.42 Å². The van der Waals surface area contributed by atoms with Crippen LogP contribution in [0.4, 0.5) is 4.79 Å². The van der Waals surface area contributed by atoms with E-state index in [-0.39, 0.29) is 31.3 Å². The monoisotopic (exact) mass is 633 g/mol. The number of amides is 5. The lowest BCUT2D eigenvalue weighted by Gasteiger charge is -2.37. The fourth-order valence-electron chi connectivity index (χ4n) is 5.08. The number of nitrogens with one attached hydrogen (secondary N) is 4. The van der Waals surface area contributed by atoms with E-state index in [1.807, 2.05) is 32.9 Å². The predicted molar refractivity (Wildman–Crippen MR) is 173 cm³/mol. The molecule has 0 spiro atoms. The highest BCUT2D eigenvalue weighted by molar-refractivity contribution is 6.38. The van der Waals surface area contributed by atoms with Crippen molar-refractivity contribution in [2.75, 3.05) is 13.1 Å². The minimum absolute atomic E-state index is 0.101. The van der Waals surface area contributed by atoms with Crippen LogP contribution in [0.3, 0.4) is 0 Å². The van der Waals surface area contributed by atoms with Gasteiger partial charge in [0.2, 0.25) is 17.6 Å². The minimum atomic E-state index is -1.22. The Bertz CT molecular complexity index is 1120. The average molecular weight is 634 g/mol. The van der Waals surface area contributed by atoms with Crippen molar-refractivity contribution < 1.29 is 33.9 Å². The summed E-state index contributed by atoms with van der Waals surface area (Å²) >= 11 is 0. The van der Waals surface area contributed by atoms with E-state index in [1.54, 1.807) is 41.5 Å². The van der Waals surface area contributed by atoms with E-state index in [4.69, 9.17) is 0 Å². The first kappa shape index (κ1) is 39.3. The molecule has 0 saturated carbocycles. The lowest BCUT2D eigenvalue weighted by molar-refractivity contribution is -0.144. The van der Waals surface area contributed by atoms with Crippen molar-refractivity contribution in [3.63, 3.8) is 0 Å². The molecule has 1 fully saturated rings. The Morgan fingerprint density at radius 3 is 2.02 bits per heavy atom. The van der Waals surface area contributed by atoms with Gasteiger partial charge in [0.25, 0.3) is 5.91 Å². The number of carboxylic acid groups (broad SMARTS) is 1. The van der Waals surface area contributed by atoms with E-state index in [9.17, 15) is 33.9 Å². The number of hydrogen-bond acceptors (Lipinski definition) is 6. The number of rotatable bonds is 15. The second-order valence-electron chi connectivity index (χ2n) is 14.2. The molecule has 5 amide bonds. The van der Waals surface area contributed by atoms with Crippen LogP contribution in [-0.4, -0.2) is 82.8 Å². The SMILES string of the molecule is C=CCNC(=O)C(=O)C(CCCC)NC(=O)[C@@H]1[C@@H](/C=C/C(C)C)CCN1C(=O)[C@@H](NC(=O)N[C@H](C(=O)O)C(C)(C)C)C(C)(C)C. The molecule has 254 valence electrons. The molecule has 1 aliphatic rings. The summed E-state index contributed by atoms with van der Waals surface area (Å²) in [5.41, 5.74) is -1.61. The van der Waals surface area contributed by atoms with Gasteiger partial charge in [-0.2, -0.15) is 0 Å². The van der Waals surface area contributed by atoms with Crippen LogP contribution >= 0.6 is 0 Å². The maximum absolute atomic E-state index is 14.2. The van der Waals surface area contributed by atoms with E-state index in [0.29, 0.717) is 12.8 Å². The van der Waals surface area contributed by atoms with E-state index in [2.05, 4.69) is 27.8 Å². The van der Waals surface area contributed by atoms with Gasteiger partial charge in [-0.05, 0) is 29.6 Å². The third-order valence-corrected chi connectivity index (χ3v) is 7.63. The van der Waals surface area contributed by atoms with Gasteiger partial charge in [-0.1, -0.05) is 93.4 Å². The summed E-state index contributed by atoms with van der Waals surface area (Å²) in [4.78, 5) is 80.0. The summed E-state index contributed by atoms with van der Waals surface area (Å²) in [7, 11) is 0. The van der Waals surface area contributed by atoms with Crippen molar-refractivity contribution >= 4 is 35.5 Å². The summed E-state index contributed by atoms with van der Waals surface area (Å²) in [6.07, 6.45) is 7.34. The molecule has 12 nitrogen and oxygen atoms in total. The van der Waals surface area contributed by atoms with Gasteiger partial charge in [0.15, 0.2) is 0 Å². The molecule has 1 unspecified atom stereocenters. The van der Waals surface area contributed by atoms with Gasteiger partial charge in [-0.3, -0.25) is 19.2 Å². The van der Waals surface area contributed by atoms with E-state index >= 15 is 0 Å². The standard InChI is InChI=1S/C33H55N5O7/c1-11-13-14-22(24(39)28(41)34-18-12-2)35-27(40)23-21(16-15-20(3)4)17-19-38(23)29(42)25(32(5,6)7)36-31(45)37-26(30(43)44)33(8,9)10/h12,15-16,20-23,25-26H,2,11,13-14,17-19H2,1,3-10H3,(H,34,41)(H,35,40)(H,43,44)(H2,36,37,45)/b16-15+/t21-,22?,23-,25+,26+/m0/s1. The Morgan fingerprint density at radius 2 is 1.53 bits per heavy atom. The molecule has 1 rings (SSSR count). The summed E-state index contributed by atoms with van der Waals surface area (Å²) < 4.78 is 0. The topological polar surface area (TPSA) is 174 Å². The molecule has 0 aromatic rings. The van der Waals surface area contributed by atoms with Crippen LogP contribution in [-0.2, 0) is 24.0 Å². The number of urea groups is 1. The number of nitrogens with zero attached hydrogens (tertiary/aromatic N) is 1. The molecular weight excluding hydrogens is 578 g/mol. The Kier molecular flexibility index (Phi) is 15.0. The molecule has 0 aromatic carbocycles. The first-order valence-corrected chi connectivity index (χ1v) is 15.8. The largest absolute Gasteiger partial charge is 0.480 e. The zero-order chi connectivity index (χ0) is 34.7. The first-order chi connectivity index (χ1) is 20.8. The van der Waals surface area contributed by atoms with Crippen molar-refractivity contribution in [2.45, 2.75) is 112 Å². The molecule has 1 heterocycles. The molecule has 0 radical (unpaired) electrons. The van der Waals surface area contributed by atoms with Gasteiger partial charge in [0, 0.05) is 19.0 Å². The average Bonchev–Trinajstić information content (AvgIpc) is 3.36. The van der Waals surface area contributed by atoms with Crippen LogP contribution in [0, 0.1) is 22.7 Å². The highest BCUT2D eigenvalue weighted by Gasteiger charge is 2.46. The summed E-state index contributed by atoms with van der Waals surface area (Å²) in [5.74, 6) is -4.09. The van der Waals surface area contributed by atoms with E-state index < -0.39 is 70.5 Å². The maximum atomic E-state index is 14.2. The lowest BCUT2D eigenvalue weighted by Crippen LogP contribution is -2.62. The van der Waals surface area contributed by atoms with Crippen LogP contribution in [0.1, 0.15) is 88.0 Å². The number of aliphatic carboxylic acids is 1. The molecule has 1 saturated heterocycles. The number of ketones is 1. The smallest absolute Gasteiger partial charge is 0.326 e. The first-order valence-electron chi connectivity index (χ1n) is 15.8. The molecule has 0 aromatic heterocycles. The fourth-order valence-corrected chi connectivity index (χ4v) is 5.08. The van der Waals surface area contributed by atoms with Gasteiger partial charge in [0.05, 0.1) is 6.04 Å². The Balaban J connectivity index is 3.43.